The van der Waals surface area contributed by atoms with Crippen LogP contribution in [-0.4, -0.2) is 26.8 Å². The highest BCUT2D eigenvalue weighted by Gasteiger charge is 2.14. The summed E-state index contributed by atoms with van der Waals surface area (Å²) in [6.45, 7) is 0. The number of hydrazine groups is 2. The van der Waals surface area contributed by atoms with E-state index in [4.69, 9.17) is 28.9 Å². The number of carbonyl (C=O) groups is 2. The van der Waals surface area contributed by atoms with E-state index in [2.05, 4.69) is 36.7 Å². The summed E-state index contributed by atoms with van der Waals surface area (Å²) in [6.07, 6.45) is 2.68. The van der Waals surface area contributed by atoms with Gasteiger partial charge in [0.1, 0.15) is 17.7 Å². The van der Waals surface area contributed by atoms with Gasteiger partial charge in [0.2, 0.25) is 0 Å². The van der Waals surface area contributed by atoms with Crippen molar-refractivity contribution in [2.24, 2.45) is 0 Å². The van der Waals surface area contributed by atoms with Crippen LogP contribution in [0.1, 0.15) is 20.8 Å². The van der Waals surface area contributed by atoms with Gasteiger partial charge in [-0.25, -0.2) is 9.97 Å². The van der Waals surface area contributed by atoms with Crippen LogP contribution in [0.25, 0.3) is 0 Å². The summed E-state index contributed by atoms with van der Waals surface area (Å²) < 4.78 is 0. The van der Waals surface area contributed by atoms with Crippen molar-refractivity contribution in [2.75, 3.05) is 16.6 Å². The SMILES string of the molecule is Nc1c(NNC(=O)c2ccccn2)ncnc1NNC(=O)c1ccc(Cl)cc1Cl. The highest BCUT2D eigenvalue weighted by atomic mass is 35.5. The van der Waals surface area contributed by atoms with E-state index in [0.717, 1.165) is 0 Å². The number of carbonyl (C=O) groups excluding carboxylic acids is 2. The summed E-state index contributed by atoms with van der Waals surface area (Å²) in [4.78, 5) is 36.1. The molecule has 1 aromatic carbocycles. The normalized spacial score (nSPS) is 10.1. The molecule has 0 aliphatic rings. The van der Waals surface area contributed by atoms with Gasteiger partial charge in [-0.15, -0.1) is 0 Å². The molecule has 148 valence electrons. The zero-order valence-electron chi connectivity index (χ0n) is 14.6. The number of aromatic nitrogens is 3. The minimum Gasteiger partial charge on any atom is -0.393 e. The Bertz CT molecular complexity index is 1050. The Kier molecular flexibility index (Phi) is 6.27. The molecule has 3 aromatic rings. The lowest BCUT2D eigenvalue weighted by atomic mass is 10.2. The molecule has 2 amide bonds. The first kappa shape index (κ1) is 20.1. The molecule has 10 nitrogen and oxygen atoms in total. The van der Waals surface area contributed by atoms with Crippen molar-refractivity contribution in [1.29, 1.82) is 0 Å². The third kappa shape index (κ3) is 5.00. The average Bonchev–Trinajstić information content (AvgIpc) is 2.72. The number of halogens is 2. The van der Waals surface area contributed by atoms with Crippen LogP contribution in [0.3, 0.4) is 0 Å². The lowest BCUT2D eigenvalue weighted by Crippen LogP contribution is -2.32. The average molecular weight is 433 g/mol. The molecule has 0 fully saturated rings. The van der Waals surface area contributed by atoms with Crippen molar-refractivity contribution in [3.05, 3.63) is 70.2 Å². The molecule has 0 bridgehead atoms. The summed E-state index contributed by atoms with van der Waals surface area (Å²) >= 11 is 11.8. The van der Waals surface area contributed by atoms with E-state index in [9.17, 15) is 9.59 Å². The molecule has 6 N–H and O–H groups in total. The van der Waals surface area contributed by atoms with Gasteiger partial charge >= 0.3 is 0 Å². The molecule has 0 saturated heterocycles. The second kappa shape index (κ2) is 9.04. The Balaban J connectivity index is 1.64. The first-order valence-electron chi connectivity index (χ1n) is 8.05. The Morgan fingerprint density at radius 3 is 2.21 bits per heavy atom. The fourth-order valence-corrected chi connectivity index (χ4v) is 2.62. The van der Waals surface area contributed by atoms with E-state index in [-0.39, 0.29) is 33.6 Å². The number of rotatable bonds is 6. The maximum absolute atomic E-state index is 12.3. The van der Waals surface area contributed by atoms with E-state index in [1.54, 1.807) is 18.2 Å². The molecule has 2 heterocycles. The molecule has 12 heteroatoms. The van der Waals surface area contributed by atoms with Gasteiger partial charge in [0.25, 0.3) is 11.8 Å². The fraction of sp³-hybridized carbons (Fsp3) is 0. The topological polar surface area (TPSA) is 147 Å². The first-order chi connectivity index (χ1) is 14.0. The minimum absolute atomic E-state index is 0.0522. The predicted molar refractivity (Wildman–Crippen MR) is 109 cm³/mol. The summed E-state index contributed by atoms with van der Waals surface area (Å²) in [5, 5.41) is 0.593. The van der Waals surface area contributed by atoms with Crippen molar-refractivity contribution in [3.63, 3.8) is 0 Å². The number of pyridine rings is 1. The van der Waals surface area contributed by atoms with E-state index in [1.165, 1.54) is 30.7 Å². The quantitative estimate of drug-likeness (QED) is 0.372. The summed E-state index contributed by atoms with van der Waals surface area (Å²) in [5.41, 5.74) is 16.4. The predicted octanol–water partition coefficient (Wildman–Crippen LogP) is 2.27. The van der Waals surface area contributed by atoms with Gasteiger partial charge in [0.15, 0.2) is 11.6 Å². The van der Waals surface area contributed by atoms with Gasteiger partial charge in [-0.1, -0.05) is 29.3 Å². The van der Waals surface area contributed by atoms with Gasteiger partial charge in [0.05, 0.1) is 10.6 Å². The summed E-state index contributed by atoms with van der Waals surface area (Å²) in [7, 11) is 0. The first-order valence-corrected chi connectivity index (χ1v) is 8.80. The zero-order chi connectivity index (χ0) is 20.8. The fourth-order valence-electron chi connectivity index (χ4n) is 2.13. The van der Waals surface area contributed by atoms with Crippen LogP contribution in [0, 0.1) is 0 Å². The number of benzene rings is 1. The van der Waals surface area contributed by atoms with Gasteiger partial charge in [0, 0.05) is 11.2 Å². The van der Waals surface area contributed by atoms with E-state index >= 15 is 0 Å². The van der Waals surface area contributed by atoms with Crippen LogP contribution in [0.2, 0.25) is 10.0 Å². The monoisotopic (exact) mass is 432 g/mol. The van der Waals surface area contributed by atoms with Crippen LogP contribution < -0.4 is 27.4 Å². The number of hydrogen-bond acceptors (Lipinski definition) is 8. The molecule has 3 rings (SSSR count). The molecule has 0 aliphatic carbocycles. The highest BCUT2D eigenvalue weighted by molar-refractivity contribution is 6.36. The van der Waals surface area contributed by atoms with E-state index < -0.39 is 11.8 Å². The lowest BCUT2D eigenvalue weighted by Gasteiger charge is -2.14. The van der Waals surface area contributed by atoms with Crippen molar-refractivity contribution < 1.29 is 9.59 Å². The second-order valence-electron chi connectivity index (χ2n) is 5.48. The highest BCUT2D eigenvalue weighted by Crippen LogP contribution is 2.22. The smallest absolute Gasteiger partial charge is 0.288 e. The third-order valence-electron chi connectivity index (χ3n) is 3.55. The van der Waals surface area contributed by atoms with Gasteiger partial charge in [-0.2, -0.15) is 0 Å². The van der Waals surface area contributed by atoms with Crippen LogP contribution >= 0.6 is 23.2 Å². The van der Waals surface area contributed by atoms with Gasteiger partial charge in [-0.3, -0.25) is 36.3 Å². The maximum Gasteiger partial charge on any atom is 0.288 e. The molecular weight excluding hydrogens is 419 g/mol. The number of nitrogens with zero attached hydrogens (tertiary/aromatic N) is 3. The Labute approximate surface area is 174 Å². The Hall–Kier alpha value is -3.63. The van der Waals surface area contributed by atoms with Crippen LogP contribution in [-0.2, 0) is 0 Å². The van der Waals surface area contributed by atoms with Crippen molar-refractivity contribution in [3.8, 4) is 0 Å². The van der Waals surface area contributed by atoms with Crippen LogP contribution in [0.5, 0.6) is 0 Å². The molecule has 2 aromatic heterocycles. The number of anilines is 3. The van der Waals surface area contributed by atoms with Crippen molar-refractivity contribution in [1.82, 2.24) is 25.8 Å². The molecule has 29 heavy (non-hydrogen) atoms. The standard InChI is InChI=1S/C17H14Cl2N8O2/c18-9-4-5-10(11(19)7-9)16(28)26-24-14-13(20)15(23-8-22-14)25-27-17(29)12-3-1-2-6-21-12/h1-8H,20H2,(H,26,28)(H,27,29)(H2,22,23,24,25). The van der Waals surface area contributed by atoms with Gasteiger partial charge in [-0.05, 0) is 30.3 Å². The zero-order valence-corrected chi connectivity index (χ0v) is 16.1. The summed E-state index contributed by atoms with van der Waals surface area (Å²) in [6, 6.07) is 9.38. The van der Waals surface area contributed by atoms with Crippen LogP contribution in [0.15, 0.2) is 48.9 Å². The molecule has 0 saturated carbocycles. The number of nitrogens with two attached hydrogens (primary N) is 1. The summed E-state index contributed by atoms with van der Waals surface area (Å²) in [5.74, 6) is -0.787. The molecule has 0 radical (unpaired) electrons. The number of hydrogen-bond donors (Lipinski definition) is 5. The van der Waals surface area contributed by atoms with Gasteiger partial charge < -0.3 is 5.73 Å². The Morgan fingerprint density at radius 2 is 1.59 bits per heavy atom. The molecule has 0 aliphatic heterocycles. The van der Waals surface area contributed by atoms with Crippen molar-refractivity contribution >= 4 is 52.3 Å². The molecule has 0 atom stereocenters. The maximum atomic E-state index is 12.3. The lowest BCUT2D eigenvalue weighted by molar-refractivity contribution is 0.0952. The second-order valence-corrected chi connectivity index (χ2v) is 6.33. The van der Waals surface area contributed by atoms with E-state index in [1.807, 2.05) is 0 Å². The van der Waals surface area contributed by atoms with E-state index in [0.29, 0.717) is 5.02 Å². The number of nitrogen functional groups attached to an aromatic ring is 1. The molecule has 0 unspecified atom stereocenters. The molecule has 0 spiro atoms. The van der Waals surface area contributed by atoms with Crippen molar-refractivity contribution in [2.45, 2.75) is 0 Å². The largest absolute Gasteiger partial charge is 0.393 e. The minimum atomic E-state index is -0.525. The van der Waals surface area contributed by atoms with Crippen LogP contribution in [0.4, 0.5) is 17.3 Å². The molecular formula is C17H14Cl2N8O2. The third-order valence-corrected chi connectivity index (χ3v) is 4.09. The number of nitrogens with one attached hydrogen (secondary N) is 4. The number of amides is 2. The Morgan fingerprint density at radius 1 is 0.897 bits per heavy atom.